The fourth-order valence-electron chi connectivity index (χ4n) is 1.68. The van der Waals surface area contributed by atoms with E-state index in [0.717, 1.165) is 34.1 Å². The monoisotopic (exact) mass is 260 g/mol. The van der Waals surface area contributed by atoms with Crippen molar-refractivity contribution in [1.82, 2.24) is 4.98 Å². The molecule has 0 atom stereocenters. The van der Waals surface area contributed by atoms with Crippen LogP contribution < -0.4 is 10.5 Å². The summed E-state index contributed by atoms with van der Waals surface area (Å²) < 4.78 is 5.78. The molecule has 0 spiro atoms. The molecular formula is C14H16N2OS. The molecule has 0 unspecified atom stereocenters. The molecule has 0 aliphatic heterocycles. The minimum atomic E-state index is 0.485. The van der Waals surface area contributed by atoms with Crippen LogP contribution in [0.2, 0.25) is 0 Å². The van der Waals surface area contributed by atoms with Crippen LogP contribution in [0.4, 0.5) is 5.69 Å². The summed E-state index contributed by atoms with van der Waals surface area (Å²) in [4.78, 5) is 4.37. The van der Waals surface area contributed by atoms with Crippen LogP contribution in [0.3, 0.4) is 0 Å². The Morgan fingerprint density at radius 3 is 3.00 bits per heavy atom. The lowest BCUT2D eigenvalue weighted by Gasteiger charge is -2.10. The second-order valence-electron chi connectivity index (χ2n) is 4.01. The van der Waals surface area contributed by atoms with Crippen LogP contribution in [0.25, 0.3) is 0 Å². The normalized spacial score (nSPS) is 10.3. The second-order valence-corrected chi connectivity index (χ2v) is 5.07. The van der Waals surface area contributed by atoms with Gasteiger partial charge >= 0.3 is 0 Å². The highest BCUT2D eigenvalue weighted by Crippen LogP contribution is 2.23. The van der Waals surface area contributed by atoms with Crippen LogP contribution in [0, 0.1) is 6.92 Å². The Bertz CT molecular complexity index is 548. The van der Waals surface area contributed by atoms with Gasteiger partial charge < -0.3 is 10.5 Å². The molecule has 3 nitrogen and oxygen atoms in total. The van der Waals surface area contributed by atoms with Crippen LogP contribution in [0.15, 0.2) is 36.2 Å². The third-order valence-corrected chi connectivity index (χ3v) is 3.31. The predicted octanol–water partition coefficient (Wildman–Crippen LogP) is 3.34. The van der Waals surface area contributed by atoms with E-state index in [4.69, 9.17) is 10.5 Å². The summed E-state index contributed by atoms with van der Waals surface area (Å²) in [6.07, 6.45) is 2.59. The molecule has 1 aromatic heterocycles. The van der Waals surface area contributed by atoms with Crippen LogP contribution in [0.5, 0.6) is 5.75 Å². The Morgan fingerprint density at radius 1 is 1.50 bits per heavy atom. The van der Waals surface area contributed by atoms with Gasteiger partial charge in [0.1, 0.15) is 12.4 Å². The first kappa shape index (κ1) is 12.6. The number of nitrogen functional groups attached to an aromatic ring is 1. The number of aryl methyl sites for hydroxylation is 1. The van der Waals surface area contributed by atoms with Crippen molar-refractivity contribution >= 4 is 17.0 Å². The van der Waals surface area contributed by atoms with Crippen molar-refractivity contribution < 1.29 is 4.74 Å². The number of hydrogen-bond acceptors (Lipinski definition) is 4. The zero-order valence-electron chi connectivity index (χ0n) is 10.3. The molecule has 4 heteroatoms. The SMILES string of the molecule is C=CCc1cc(N)ccc1OCc1csc(C)n1. The first-order chi connectivity index (χ1) is 8.69. The standard InChI is InChI=1S/C14H16N2OS/c1-3-4-11-7-12(15)5-6-14(11)17-8-13-9-18-10(2)16-13/h3,5-7,9H,1,4,8,15H2,2H3. The van der Waals surface area contributed by atoms with E-state index in [9.17, 15) is 0 Å². The van der Waals surface area contributed by atoms with Gasteiger partial charge in [-0.1, -0.05) is 6.08 Å². The summed E-state index contributed by atoms with van der Waals surface area (Å²) in [7, 11) is 0. The van der Waals surface area contributed by atoms with Crippen molar-refractivity contribution in [2.45, 2.75) is 20.0 Å². The lowest BCUT2D eigenvalue weighted by Crippen LogP contribution is -1.99. The highest BCUT2D eigenvalue weighted by atomic mass is 32.1. The van der Waals surface area contributed by atoms with Crippen LogP contribution in [0.1, 0.15) is 16.3 Å². The predicted molar refractivity (Wildman–Crippen MR) is 75.9 cm³/mol. The summed E-state index contributed by atoms with van der Waals surface area (Å²) >= 11 is 1.63. The fourth-order valence-corrected chi connectivity index (χ4v) is 2.28. The Kier molecular flexibility index (Phi) is 3.99. The average molecular weight is 260 g/mol. The van der Waals surface area contributed by atoms with Crippen molar-refractivity contribution in [3.8, 4) is 5.75 Å². The molecular weight excluding hydrogens is 244 g/mol. The van der Waals surface area contributed by atoms with Crippen LogP contribution in [-0.4, -0.2) is 4.98 Å². The topological polar surface area (TPSA) is 48.1 Å². The maximum Gasteiger partial charge on any atom is 0.131 e. The molecule has 1 heterocycles. The molecule has 2 aromatic rings. The van der Waals surface area contributed by atoms with Gasteiger partial charge in [0.25, 0.3) is 0 Å². The number of hydrogen-bond donors (Lipinski definition) is 1. The van der Waals surface area contributed by atoms with E-state index in [-0.39, 0.29) is 0 Å². The van der Waals surface area contributed by atoms with E-state index < -0.39 is 0 Å². The van der Waals surface area contributed by atoms with Crippen molar-refractivity contribution in [3.05, 3.63) is 52.5 Å². The number of benzene rings is 1. The molecule has 0 radical (unpaired) electrons. The van der Waals surface area contributed by atoms with E-state index in [2.05, 4.69) is 11.6 Å². The average Bonchev–Trinajstić information content (AvgIpc) is 2.75. The Labute approximate surface area is 111 Å². The maximum atomic E-state index is 5.78. The van der Waals surface area contributed by atoms with Gasteiger partial charge in [0.05, 0.1) is 10.7 Å². The molecule has 0 amide bonds. The molecule has 0 aliphatic rings. The first-order valence-electron chi connectivity index (χ1n) is 5.72. The van der Waals surface area contributed by atoms with Gasteiger partial charge in [0.15, 0.2) is 0 Å². The number of allylic oxidation sites excluding steroid dienone is 1. The lowest BCUT2D eigenvalue weighted by molar-refractivity contribution is 0.299. The van der Waals surface area contributed by atoms with E-state index in [1.807, 2.05) is 36.6 Å². The molecule has 2 N–H and O–H groups in total. The van der Waals surface area contributed by atoms with Crippen LogP contribution >= 0.6 is 11.3 Å². The maximum absolute atomic E-state index is 5.78. The number of thiazole rings is 1. The summed E-state index contributed by atoms with van der Waals surface area (Å²) in [5.74, 6) is 0.842. The van der Waals surface area contributed by atoms with Gasteiger partial charge in [-0.15, -0.1) is 17.9 Å². The smallest absolute Gasteiger partial charge is 0.131 e. The van der Waals surface area contributed by atoms with Gasteiger partial charge in [-0.3, -0.25) is 0 Å². The van der Waals surface area contributed by atoms with Crippen LogP contribution in [-0.2, 0) is 13.0 Å². The van der Waals surface area contributed by atoms with Crippen molar-refractivity contribution in [2.24, 2.45) is 0 Å². The molecule has 0 fully saturated rings. The van der Waals surface area contributed by atoms with Crippen molar-refractivity contribution in [3.63, 3.8) is 0 Å². The molecule has 94 valence electrons. The second kappa shape index (κ2) is 5.69. The number of aromatic nitrogens is 1. The number of nitrogens with zero attached hydrogens (tertiary/aromatic N) is 1. The summed E-state index contributed by atoms with van der Waals surface area (Å²) in [5.41, 5.74) is 8.52. The first-order valence-corrected chi connectivity index (χ1v) is 6.60. The molecule has 18 heavy (non-hydrogen) atoms. The largest absolute Gasteiger partial charge is 0.487 e. The number of anilines is 1. The van der Waals surface area contributed by atoms with E-state index in [1.54, 1.807) is 11.3 Å². The summed E-state index contributed by atoms with van der Waals surface area (Å²) in [5, 5.41) is 3.07. The fraction of sp³-hybridized carbons (Fsp3) is 0.214. The van der Waals surface area contributed by atoms with Crippen molar-refractivity contribution in [1.29, 1.82) is 0 Å². The third kappa shape index (κ3) is 3.11. The number of rotatable bonds is 5. The summed E-state index contributed by atoms with van der Waals surface area (Å²) in [6.45, 7) is 6.21. The molecule has 0 bridgehead atoms. The quantitative estimate of drug-likeness (QED) is 0.662. The van der Waals surface area contributed by atoms with Gasteiger partial charge in [-0.2, -0.15) is 0 Å². The van der Waals surface area contributed by atoms with E-state index in [0.29, 0.717) is 6.61 Å². The Hall–Kier alpha value is -1.81. The van der Waals surface area contributed by atoms with Gasteiger partial charge in [0, 0.05) is 11.1 Å². The van der Waals surface area contributed by atoms with Gasteiger partial charge in [0.2, 0.25) is 0 Å². The van der Waals surface area contributed by atoms with E-state index >= 15 is 0 Å². The molecule has 0 aliphatic carbocycles. The Morgan fingerprint density at radius 2 is 2.33 bits per heavy atom. The highest BCUT2D eigenvalue weighted by molar-refractivity contribution is 7.09. The molecule has 0 saturated carbocycles. The lowest BCUT2D eigenvalue weighted by atomic mass is 10.1. The molecule has 1 aromatic carbocycles. The zero-order chi connectivity index (χ0) is 13.0. The minimum absolute atomic E-state index is 0.485. The third-order valence-electron chi connectivity index (χ3n) is 2.49. The number of nitrogens with two attached hydrogens (primary N) is 1. The molecule has 2 rings (SSSR count). The minimum Gasteiger partial charge on any atom is -0.487 e. The number of ether oxygens (including phenoxy) is 1. The van der Waals surface area contributed by atoms with Gasteiger partial charge in [-0.25, -0.2) is 4.98 Å². The Balaban J connectivity index is 2.10. The van der Waals surface area contributed by atoms with E-state index in [1.165, 1.54) is 0 Å². The van der Waals surface area contributed by atoms with Crippen molar-refractivity contribution in [2.75, 3.05) is 5.73 Å². The highest BCUT2D eigenvalue weighted by Gasteiger charge is 2.05. The van der Waals surface area contributed by atoms with Gasteiger partial charge in [-0.05, 0) is 37.1 Å². The summed E-state index contributed by atoms with van der Waals surface area (Å²) in [6, 6.07) is 5.66. The molecule has 0 saturated heterocycles. The zero-order valence-corrected chi connectivity index (χ0v) is 11.2.